The highest BCUT2D eigenvalue weighted by Crippen LogP contribution is 2.20. The molecule has 1 saturated heterocycles. The van der Waals surface area contributed by atoms with Gasteiger partial charge in [-0.25, -0.2) is 4.98 Å². The van der Waals surface area contributed by atoms with Gasteiger partial charge >= 0.3 is 19.1 Å². The van der Waals surface area contributed by atoms with Gasteiger partial charge in [0.2, 0.25) is 5.91 Å². The summed E-state index contributed by atoms with van der Waals surface area (Å²) < 4.78 is 10.7. The third kappa shape index (κ3) is 7.09. The minimum Gasteiger partial charge on any atom is -0.506 e. The molecule has 1 aromatic heterocycles. The van der Waals surface area contributed by atoms with Gasteiger partial charge in [0.25, 0.3) is 5.91 Å². The molecule has 2 amide bonds. The van der Waals surface area contributed by atoms with Crippen molar-refractivity contribution < 1.29 is 33.6 Å². The lowest BCUT2D eigenvalue weighted by Gasteiger charge is -2.25. The third-order valence-electron chi connectivity index (χ3n) is 5.44. The molecule has 5 N–H and O–H groups in total. The third-order valence-corrected chi connectivity index (χ3v) is 5.44. The quantitative estimate of drug-likeness (QED) is 0.302. The number of nitrogens with one attached hydrogen (secondary N) is 2. The summed E-state index contributed by atoms with van der Waals surface area (Å²) in [6.45, 7) is 3.79. The van der Waals surface area contributed by atoms with Crippen LogP contribution in [0.4, 0.5) is 0 Å². The van der Waals surface area contributed by atoms with Crippen molar-refractivity contribution in [2.24, 2.45) is 11.7 Å². The number of hydrogen-bond acceptors (Lipinski definition) is 9. The Bertz CT molecular complexity index is 1070. The monoisotopic (exact) mass is 497 g/mol. The first-order valence-corrected chi connectivity index (χ1v) is 11.4. The molecule has 12 nitrogen and oxygen atoms in total. The lowest BCUT2D eigenvalue weighted by Crippen LogP contribution is -2.55. The number of aromatic nitrogens is 2. The summed E-state index contributed by atoms with van der Waals surface area (Å²) in [5.41, 5.74) is 6.39. The predicted octanol–water partition coefficient (Wildman–Crippen LogP) is -0.270. The maximum atomic E-state index is 13.4. The molecule has 0 radical (unpaired) electrons. The molecule has 3 rings (SSSR count). The number of hydrogen-bond donors (Lipinski definition) is 4. The van der Waals surface area contributed by atoms with E-state index in [4.69, 9.17) is 20.1 Å². The molecule has 36 heavy (non-hydrogen) atoms. The molecular formula is C23H28BN5O7. The number of carbonyl (C=O) groups is 4. The molecule has 0 aliphatic carbocycles. The van der Waals surface area contributed by atoms with Crippen molar-refractivity contribution in [1.29, 1.82) is 0 Å². The Labute approximate surface area is 208 Å². The molecule has 1 aromatic carbocycles. The summed E-state index contributed by atoms with van der Waals surface area (Å²) in [6, 6.07) is 6.47. The highest BCUT2D eigenvalue weighted by atomic mass is 16.7. The fraction of sp³-hybridized carbons (Fsp3) is 0.391. The van der Waals surface area contributed by atoms with Crippen LogP contribution in [0.15, 0.2) is 48.9 Å². The van der Waals surface area contributed by atoms with Crippen molar-refractivity contribution >= 4 is 30.9 Å². The standard InChI is InChI=1S/C23H28BN5O7/c1-13(2)10-17(24-35-19(23(34)36-24)18(25)22(32)33)29-20(30)15(11-14-6-4-3-5-7-14)28-21(31)16-12-26-8-9-27-16/h3-9,12-13,15,17-19H,10-11,25H2,1-2H3,(H,28,31)(H,29,30)(H,32,33)/t15?,17?,18?,19-/m1/s1. The summed E-state index contributed by atoms with van der Waals surface area (Å²) in [4.78, 5) is 57.4. The van der Waals surface area contributed by atoms with Crippen LogP contribution in [0.5, 0.6) is 0 Å². The average molecular weight is 497 g/mol. The highest BCUT2D eigenvalue weighted by Gasteiger charge is 2.50. The van der Waals surface area contributed by atoms with Gasteiger partial charge in [0, 0.05) is 18.8 Å². The Balaban J connectivity index is 1.79. The number of nitrogens with zero attached hydrogens (tertiary/aromatic N) is 2. The maximum Gasteiger partial charge on any atom is 0.552 e. The van der Waals surface area contributed by atoms with E-state index in [1.54, 1.807) is 0 Å². The van der Waals surface area contributed by atoms with E-state index in [2.05, 4.69) is 20.6 Å². The van der Waals surface area contributed by atoms with Crippen LogP contribution in [0.2, 0.25) is 0 Å². The summed E-state index contributed by atoms with van der Waals surface area (Å²) in [5.74, 6) is -4.25. The van der Waals surface area contributed by atoms with Gasteiger partial charge in [-0.3, -0.25) is 24.2 Å². The first-order valence-electron chi connectivity index (χ1n) is 11.4. The predicted molar refractivity (Wildman–Crippen MR) is 127 cm³/mol. The van der Waals surface area contributed by atoms with Crippen LogP contribution >= 0.6 is 0 Å². The highest BCUT2D eigenvalue weighted by molar-refractivity contribution is 6.51. The molecule has 0 bridgehead atoms. The zero-order valence-corrected chi connectivity index (χ0v) is 19.9. The van der Waals surface area contributed by atoms with E-state index in [1.165, 1.54) is 18.6 Å². The summed E-state index contributed by atoms with van der Waals surface area (Å²) in [6.07, 6.45) is 3.08. The Kier molecular flexibility index (Phi) is 9.09. The molecular weight excluding hydrogens is 469 g/mol. The molecule has 4 atom stereocenters. The van der Waals surface area contributed by atoms with Crippen LogP contribution in [0.3, 0.4) is 0 Å². The van der Waals surface area contributed by atoms with E-state index < -0.39 is 55.0 Å². The molecule has 0 saturated carbocycles. The van der Waals surface area contributed by atoms with Crippen molar-refractivity contribution in [2.75, 3.05) is 0 Å². The van der Waals surface area contributed by atoms with Crippen LogP contribution in [0, 0.1) is 5.92 Å². The van der Waals surface area contributed by atoms with Gasteiger partial charge in [0.1, 0.15) is 17.8 Å². The van der Waals surface area contributed by atoms with Gasteiger partial charge < -0.3 is 30.8 Å². The normalized spacial score (nSPS) is 17.7. The fourth-order valence-corrected chi connectivity index (χ4v) is 3.68. The molecule has 0 spiro atoms. The number of benzene rings is 1. The first kappa shape index (κ1) is 26.8. The zero-order chi connectivity index (χ0) is 26.2. The number of aliphatic carboxylic acids is 1. The topological polar surface area (TPSA) is 183 Å². The molecule has 1 aliphatic rings. The Hall–Kier alpha value is -3.84. The van der Waals surface area contributed by atoms with E-state index in [0.29, 0.717) is 6.42 Å². The second kappa shape index (κ2) is 12.2. The van der Waals surface area contributed by atoms with E-state index in [-0.39, 0.29) is 18.0 Å². The minimum atomic E-state index is -1.62. The molecule has 2 heterocycles. The van der Waals surface area contributed by atoms with Crippen molar-refractivity contribution in [3.63, 3.8) is 0 Å². The van der Waals surface area contributed by atoms with Crippen LogP contribution in [0.25, 0.3) is 0 Å². The zero-order valence-electron chi connectivity index (χ0n) is 19.9. The van der Waals surface area contributed by atoms with Crippen molar-refractivity contribution in [3.05, 3.63) is 60.2 Å². The second-order valence-electron chi connectivity index (χ2n) is 8.78. The molecule has 1 aliphatic heterocycles. The number of carboxylic acid groups (broad SMARTS) is 1. The Morgan fingerprint density at radius 1 is 1.17 bits per heavy atom. The number of rotatable bonds is 11. The van der Waals surface area contributed by atoms with E-state index in [0.717, 1.165) is 5.56 Å². The number of carboxylic acids is 1. The molecule has 3 unspecified atom stereocenters. The summed E-state index contributed by atoms with van der Waals surface area (Å²) in [5, 5.41) is 14.6. The summed E-state index contributed by atoms with van der Waals surface area (Å²) in [7, 11) is -1.24. The van der Waals surface area contributed by atoms with Crippen LogP contribution in [-0.2, 0) is 30.1 Å². The van der Waals surface area contributed by atoms with Crippen molar-refractivity contribution in [2.45, 2.75) is 50.8 Å². The van der Waals surface area contributed by atoms with Crippen molar-refractivity contribution in [3.8, 4) is 0 Å². The van der Waals surface area contributed by atoms with Gasteiger partial charge in [-0.05, 0) is 17.9 Å². The van der Waals surface area contributed by atoms with Gasteiger partial charge in [0.05, 0.1) is 12.1 Å². The van der Waals surface area contributed by atoms with E-state index in [1.807, 2.05) is 44.2 Å². The number of nitrogens with two attached hydrogens (primary N) is 1. The van der Waals surface area contributed by atoms with E-state index in [9.17, 15) is 19.2 Å². The average Bonchev–Trinajstić information content (AvgIpc) is 3.24. The Morgan fingerprint density at radius 2 is 1.89 bits per heavy atom. The van der Waals surface area contributed by atoms with Gasteiger partial charge in [-0.15, -0.1) is 0 Å². The largest absolute Gasteiger partial charge is 0.552 e. The lowest BCUT2D eigenvalue weighted by molar-refractivity contribution is -0.146. The summed E-state index contributed by atoms with van der Waals surface area (Å²) >= 11 is 0. The van der Waals surface area contributed by atoms with Crippen LogP contribution < -0.4 is 16.4 Å². The second-order valence-corrected chi connectivity index (χ2v) is 8.78. The van der Waals surface area contributed by atoms with Crippen molar-refractivity contribution in [1.82, 2.24) is 20.6 Å². The SMILES string of the molecule is CC(C)CC(NC(=O)C(Cc1ccccc1)NC(=O)c1cnccn1)B1OC(=O)[C@@H](C(N)C(=O)O)O1. The number of carbonyl (C=O) groups excluding carboxylic acids is 3. The lowest BCUT2D eigenvalue weighted by atomic mass is 9.74. The minimum absolute atomic E-state index is 0.0423. The smallest absolute Gasteiger partial charge is 0.506 e. The fourth-order valence-electron chi connectivity index (χ4n) is 3.68. The van der Waals surface area contributed by atoms with Crippen LogP contribution in [0.1, 0.15) is 36.3 Å². The first-order chi connectivity index (χ1) is 17.2. The molecule has 13 heteroatoms. The van der Waals surface area contributed by atoms with Gasteiger partial charge in [0.15, 0.2) is 6.10 Å². The van der Waals surface area contributed by atoms with Gasteiger partial charge in [-0.2, -0.15) is 0 Å². The van der Waals surface area contributed by atoms with Crippen LogP contribution in [-0.4, -0.2) is 70.1 Å². The molecule has 190 valence electrons. The molecule has 2 aromatic rings. The maximum absolute atomic E-state index is 13.4. The Morgan fingerprint density at radius 3 is 2.50 bits per heavy atom. The number of amides is 2. The van der Waals surface area contributed by atoms with E-state index >= 15 is 0 Å². The molecule has 1 fully saturated rings. The van der Waals surface area contributed by atoms with Gasteiger partial charge in [-0.1, -0.05) is 44.2 Å².